The lowest BCUT2D eigenvalue weighted by atomic mass is 10.1. The summed E-state index contributed by atoms with van der Waals surface area (Å²) in [6.07, 6.45) is 1.75. The molecule has 4 heteroatoms. The summed E-state index contributed by atoms with van der Waals surface area (Å²) in [5, 5.41) is 11.1. The predicted molar refractivity (Wildman–Crippen MR) is 71.9 cm³/mol. The average Bonchev–Trinajstić information content (AvgIpc) is 2.27. The SMILES string of the molecule is N#Cc1ncc2ccc(Br)cc2c1CI. The van der Waals surface area contributed by atoms with E-state index in [-0.39, 0.29) is 0 Å². The number of alkyl halides is 1. The van der Waals surface area contributed by atoms with E-state index in [1.54, 1.807) is 6.20 Å². The van der Waals surface area contributed by atoms with Crippen LogP contribution in [0.3, 0.4) is 0 Å². The number of rotatable bonds is 1. The quantitative estimate of drug-likeness (QED) is 0.563. The van der Waals surface area contributed by atoms with Crippen LogP contribution in [0.25, 0.3) is 10.8 Å². The molecule has 0 amide bonds. The molecule has 0 spiro atoms. The molecule has 0 bridgehead atoms. The number of aromatic nitrogens is 1. The molecule has 0 N–H and O–H groups in total. The highest BCUT2D eigenvalue weighted by atomic mass is 127. The maximum absolute atomic E-state index is 8.95. The maximum atomic E-state index is 8.95. The van der Waals surface area contributed by atoms with Crippen molar-refractivity contribution >= 4 is 49.3 Å². The Bertz CT molecular complexity index is 560. The van der Waals surface area contributed by atoms with Crippen LogP contribution in [-0.4, -0.2) is 4.98 Å². The van der Waals surface area contributed by atoms with Crippen molar-refractivity contribution in [3.05, 3.63) is 40.1 Å². The molecule has 2 rings (SSSR count). The Morgan fingerprint density at radius 3 is 2.93 bits per heavy atom. The second kappa shape index (κ2) is 4.45. The first-order chi connectivity index (χ1) is 7.26. The lowest BCUT2D eigenvalue weighted by Crippen LogP contribution is -1.92. The van der Waals surface area contributed by atoms with Gasteiger partial charge in [-0.3, -0.25) is 0 Å². The zero-order valence-electron chi connectivity index (χ0n) is 7.67. The fourth-order valence-corrected chi connectivity index (χ4v) is 2.61. The van der Waals surface area contributed by atoms with Crippen molar-refractivity contribution in [2.45, 2.75) is 4.43 Å². The Labute approximate surface area is 110 Å². The Morgan fingerprint density at radius 2 is 2.27 bits per heavy atom. The number of pyridine rings is 1. The third-order valence-corrected chi connectivity index (χ3v) is 3.45. The zero-order chi connectivity index (χ0) is 10.8. The lowest BCUT2D eigenvalue weighted by Gasteiger charge is -2.05. The fourth-order valence-electron chi connectivity index (χ4n) is 1.47. The number of nitrogens with zero attached hydrogens (tertiary/aromatic N) is 2. The van der Waals surface area contributed by atoms with Gasteiger partial charge in [0.25, 0.3) is 0 Å². The summed E-state index contributed by atoms with van der Waals surface area (Å²) in [6.45, 7) is 0. The molecule has 1 aromatic heterocycles. The molecule has 0 atom stereocenters. The molecule has 0 aliphatic carbocycles. The molecule has 2 nitrogen and oxygen atoms in total. The largest absolute Gasteiger partial charge is 0.245 e. The van der Waals surface area contributed by atoms with Gasteiger partial charge in [-0.05, 0) is 17.5 Å². The molecular formula is C11H6BrIN2. The molecule has 1 aromatic carbocycles. The molecule has 0 unspecified atom stereocenters. The molecule has 0 fully saturated rings. The first kappa shape index (κ1) is 10.8. The van der Waals surface area contributed by atoms with E-state index in [2.05, 4.69) is 49.6 Å². The predicted octanol–water partition coefficient (Wildman–Crippen LogP) is 3.80. The van der Waals surface area contributed by atoms with Gasteiger partial charge in [-0.15, -0.1) is 0 Å². The van der Waals surface area contributed by atoms with E-state index >= 15 is 0 Å². The smallest absolute Gasteiger partial charge is 0.145 e. The van der Waals surface area contributed by atoms with Crippen molar-refractivity contribution in [1.82, 2.24) is 4.98 Å². The minimum atomic E-state index is 0.523. The Hall–Kier alpha value is -0.670. The van der Waals surface area contributed by atoms with Gasteiger partial charge >= 0.3 is 0 Å². The minimum absolute atomic E-state index is 0.523. The molecule has 0 saturated heterocycles. The van der Waals surface area contributed by atoms with Crippen molar-refractivity contribution in [1.29, 1.82) is 5.26 Å². The van der Waals surface area contributed by atoms with E-state index in [1.807, 2.05) is 18.2 Å². The number of benzene rings is 1. The summed E-state index contributed by atoms with van der Waals surface area (Å²) >= 11 is 5.69. The van der Waals surface area contributed by atoms with Crippen molar-refractivity contribution < 1.29 is 0 Å². The van der Waals surface area contributed by atoms with Crippen molar-refractivity contribution in [3.63, 3.8) is 0 Å². The van der Waals surface area contributed by atoms with Gasteiger partial charge in [0, 0.05) is 26.0 Å². The molecule has 74 valence electrons. The van der Waals surface area contributed by atoms with Crippen LogP contribution in [-0.2, 0) is 4.43 Å². The molecular weight excluding hydrogens is 367 g/mol. The maximum Gasteiger partial charge on any atom is 0.145 e. The van der Waals surface area contributed by atoms with Crippen LogP contribution in [0, 0.1) is 11.3 Å². The van der Waals surface area contributed by atoms with Gasteiger partial charge in [-0.25, -0.2) is 4.98 Å². The standard InChI is InChI=1S/C11H6BrIN2/c12-8-2-1-7-6-15-11(5-14)10(4-13)9(7)3-8/h1-3,6H,4H2. The van der Waals surface area contributed by atoms with Crippen LogP contribution in [0.15, 0.2) is 28.9 Å². The van der Waals surface area contributed by atoms with Gasteiger partial charge in [0.2, 0.25) is 0 Å². The van der Waals surface area contributed by atoms with Gasteiger partial charge in [0.15, 0.2) is 0 Å². The summed E-state index contributed by atoms with van der Waals surface area (Å²) < 4.78 is 1.82. The summed E-state index contributed by atoms with van der Waals surface area (Å²) in [4.78, 5) is 4.14. The van der Waals surface area contributed by atoms with Crippen molar-refractivity contribution in [2.24, 2.45) is 0 Å². The number of hydrogen-bond acceptors (Lipinski definition) is 2. The summed E-state index contributed by atoms with van der Waals surface area (Å²) in [5.41, 5.74) is 1.53. The Balaban J connectivity index is 2.86. The highest BCUT2D eigenvalue weighted by Crippen LogP contribution is 2.25. The van der Waals surface area contributed by atoms with Crippen LogP contribution >= 0.6 is 38.5 Å². The van der Waals surface area contributed by atoms with E-state index in [9.17, 15) is 0 Å². The highest BCUT2D eigenvalue weighted by molar-refractivity contribution is 14.1. The number of hydrogen-bond donors (Lipinski definition) is 0. The molecule has 0 aliphatic heterocycles. The number of nitriles is 1. The van der Waals surface area contributed by atoms with E-state index in [4.69, 9.17) is 5.26 Å². The topological polar surface area (TPSA) is 36.7 Å². The van der Waals surface area contributed by atoms with Gasteiger partial charge < -0.3 is 0 Å². The van der Waals surface area contributed by atoms with Crippen LogP contribution in [0.4, 0.5) is 0 Å². The van der Waals surface area contributed by atoms with Crippen LogP contribution < -0.4 is 0 Å². The third kappa shape index (κ3) is 1.99. The second-order valence-corrected chi connectivity index (χ2v) is 4.74. The van der Waals surface area contributed by atoms with Crippen molar-refractivity contribution in [2.75, 3.05) is 0 Å². The van der Waals surface area contributed by atoms with Crippen LogP contribution in [0.1, 0.15) is 11.3 Å². The molecule has 15 heavy (non-hydrogen) atoms. The monoisotopic (exact) mass is 372 g/mol. The molecule has 0 saturated carbocycles. The first-order valence-electron chi connectivity index (χ1n) is 4.29. The van der Waals surface area contributed by atoms with Gasteiger partial charge in [0.05, 0.1) is 0 Å². The Kier molecular flexibility index (Phi) is 3.22. The molecule has 2 aromatic rings. The van der Waals surface area contributed by atoms with E-state index in [0.29, 0.717) is 5.69 Å². The molecule has 1 heterocycles. The first-order valence-corrected chi connectivity index (χ1v) is 6.61. The fraction of sp³-hybridized carbons (Fsp3) is 0.0909. The van der Waals surface area contributed by atoms with Crippen LogP contribution in [0.5, 0.6) is 0 Å². The summed E-state index contributed by atoms with van der Waals surface area (Å²) in [5.74, 6) is 0. The summed E-state index contributed by atoms with van der Waals surface area (Å²) in [7, 11) is 0. The van der Waals surface area contributed by atoms with Crippen LogP contribution in [0.2, 0.25) is 0 Å². The summed E-state index contributed by atoms with van der Waals surface area (Å²) in [6, 6.07) is 8.14. The second-order valence-electron chi connectivity index (χ2n) is 3.06. The van der Waals surface area contributed by atoms with E-state index in [1.165, 1.54) is 0 Å². The average molecular weight is 373 g/mol. The van der Waals surface area contributed by atoms with E-state index < -0.39 is 0 Å². The molecule has 0 aliphatic rings. The number of fused-ring (bicyclic) bond motifs is 1. The molecule has 0 radical (unpaired) electrons. The van der Waals surface area contributed by atoms with Gasteiger partial charge in [-0.1, -0.05) is 44.6 Å². The normalized spacial score (nSPS) is 10.2. The number of halogens is 2. The third-order valence-electron chi connectivity index (χ3n) is 2.20. The van der Waals surface area contributed by atoms with Gasteiger partial charge in [-0.2, -0.15) is 5.26 Å². The highest BCUT2D eigenvalue weighted by Gasteiger charge is 2.07. The van der Waals surface area contributed by atoms with E-state index in [0.717, 1.165) is 25.2 Å². The van der Waals surface area contributed by atoms with Crippen molar-refractivity contribution in [3.8, 4) is 6.07 Å². The zero-order valence-corrected chi connectivity index (χ0v) is 11.4. The van der Waals surface area contributed by atoms with Gasteiger partial charge in [0.1, 0.15) is 11.8 Å². The lowest BCUT2D eigenvalue weighted by molar-refractivity contribution is 1.24. The minimum Gasteiger partial charge on any atom is -0.245 e. The Morgan fingerprint density at radius 1 is 1.47 bits per heavy atom.